The number of carbonyl (C=O) groups excluding carboxylic acids is 1. The van der Waals surface area contributed by atoms with E-state index in [4.69, 9.17) is 9.47 Å². The Bertz CT molecular complexity index is 594. The van der Waals surface area contributed by atoms with E-state index in [1.165, 1.54) is 25.3 Å². The number of hydrogen-bond donors (Lipinski definition) is 2. The molecular formula is C16H23N3O5. The summed E-state index contributed by atoms with van der Waals surface area (Å²) in [5.41, 5.74) is 0.0859. The number of nitrogens with one attached hydrogen (secondary N) is 2. The SMILES string of the molecule is COCC1(CNC(=O)c2ccc([N+](=O)[O-])c(OC)c2)CCNCC1. The number of benzene rings is 1. The molecule has 1 aromatic carbocycles. The van der Waals surface area contributed by atoms with Crippen LogP contribution in [0.15, 0.2) is 18.2 Å². The number of rotatable bonds is 7. The van der Waals surface area contributed by atoms with Crippen LogP contribution in [-0.2, 0) is 4.74 Å². The van der Waals surface area contributed by atoms with Gasteiger partial charge < -0.3 is 20.1 Å². The van der Waals surface area contributed by atoms with Gasteiger partial charge in [0, 0.05) is 36.8 Å². The molecule has 1 aromatic rings. The highest BCUT2D eigenvalue weighted by Gasteiger charge is 2.32. The van der Waals surface area contributed by atoms with Gasteiger partial charge in [0.2, 0.25) is 0 Å². The van der Waals surface area contributed by atoms with Crippen LogP contribution in [0, 0.1) is 15.5 Å². The van der Waals surface area contributed by atoms with Crippen LogP contribution in [0.5, 0.6) is 5.75 Å². The van der Waals surface area contributed by atoms with Crippen molar-refractivity contribution < 1.29 is 19.2 Å². The van der Waals surface area contributed by atoms with Crippen molar-refractivity contribution in [2.24, 2.45) is 5.41 Å². The van der Waals surface area contributed by atoms with Gasteiger partial charge >= 0.3 is 5.69 Å². The van der Waals surface area contributed by atoms with Crippen LogP contribution < -0.4 is 15.4 Å². The lowest BCUT2D eigenvalue weighted by molar-refractivity contribution is -0.385. The molecule has 1 fully saturated rings. The summed E-state index contributed by atoms with van der Waals surface area (Å²) in [6.45, 7) is 2.87. The molecule has 132 valence electrons. The minimum absolute atomic E-state index is 0.0705. The number of carbonyl (C=O) groups is 1. The van der Waals surface area contributed by atoms with E-state index in [-0.39, 0.29) is 22.8 Å². The van der Waals surface area contributed by atoms with E-state index >= 15 is 0 Å². The van der Waals surface area contributed by atoms with Crippen molar-refractivity contribution in [3.05, 3.63) is 33.9 Å². The van der Waals surface area contributed by atoms with Gasteiger partial charge in [-0.05, 0) is 32.0 Å². The maximum Gasteiger partial charge on any atom is 0.310 e. The van der Waals surface area contributed by atoms with Gasteiger partial charge in [0.1, 0.15) is 0 Å². The van der Waals surface area contributed by atoms with Crippen LogP contribution in [-0.4, -0.2) is 51.3 Å². The van der Waals surface area contributed by atoms with E-state index in [0.29, 0.717) is 18.7 Å². The zero-order valence-corrected chi connectivity index (χ0v) is 14.0. The van der Waals surface area contributed by atoms with E-state index < -0.39 is 4.92 Å². The van der Waals surface area contributed by atoms with Gasteiger partial charge in [0.25, 0.3) is 5.91 Å². The molecule has 8 nitrogen and oxygen atoms in total. The lowest BCUT2D eigenvalue weighted by Gasteiger charge is -2.37. The number of hydrogen-bond acceptors (Lipinski definition) is 6. The topological polar surface area (TPSA) is 103 Å². The first-order valence-electron chi connectivity index (χ1n) is 7.82. The molecule has 24 heavy (non-hydrogen) atoms. The number of ether oxygens (including phenoxy) is 2. The number of methoxy groups -OCH3 is 2. The van der Waals surface area contributed by atoms with Crippen molar-refractivity contribution in [1.82, 2.24) is 10.6 Å². The molecule has 1 amide bonds. The molecule has 2 rings (SSSR count). The van der Waals surface area contributed by atoms with Crippen LogP contribution in [0.2, 0.25) is 0 Å². The second kappa shape index (κ2) is 8.07. The van der Waals surface area contributed by atoms with Crippen LogP contribution in [0.1, 0.15) is 23.2 Å². The minimum Gasteiger partial charge on any atom is -0.490 e. The fraction of sp³-hybridized carbons (Fsp3) is 0.562. The average Bonchev–Trinajstić information content (AvgIpc) is 2.60. The molecular weight excluding hydrogens is 314 g/mol. The van der Waals surface area contributed by atoms with Crippen LogP contribution in [0.4, 0.5) is 5.69 Å². The molecule has 1 heterocycles. The predicted molar refractivity (Wildman–Crippen MR) is 88.4 cm³/mol. The van der Waals surface area contributed by atoms with Crippen molar-refractivity contribution in [2.45, 2.75) is 12.8 Å². The Labute approximate surface area is 140 Å². The smallest absolute Gasteiger partial charge is 0.310 e. The first-order chi connectivity index (χ1) is 11.5. The van der Waals surface area contributed by atoms with Gasteiger partial charge in [-0.3, -0.25) is 14.9 Å². The molecule has 8 heteroatoms. The summed E-state index contributed by atoms with van der Waals surface area (Å²) in [7, 11) is 3.00. The highest BCUT2D eigenvalue weighted by Crippen LogP contribution is 2.29. The summed E-state index contributed by atoms with van der Waals surface area (Å²) in [4.78, 5) is 22.8. The third-order valence-electron chi connectivity index (χ3n) is 4.38. The van der Waals surface area contributed by atoms with Crippen molar-refractivity contribution in [2.75, 3.05) is 40.5 Å². The molecule has 0 radical (unpaired) electrons. The molecule has 0 atom stereocenters. The normalized spacial score (nSPS) is 16.4. The number of amides is 1. The first-order valence-corrected chi connectivity index (χ1v) is 7.82. The van der Waals surface area contributed by atoms with Gasteiger partial charge in [-0.15, -0.1) is 0 Å². The van der Waals surface area contributed by atoms with E-state index in [0.717, 1.165) is 25.9 Å². The van der Waals surface area contributed by atoms with E-state index in [9.17, 15) is 14.9 Å². The zero-order chi connectivity index (χ0) is 17.6. The largest absolute Gasteiger partial charge is 0.490 e. The second-order valence-electron chi connectivity index (χ2n) is 6.01. The van der Waals surface area contributed by atoms with Gasteiger partial charge in [0.05, 0.1) is 18.6 Å². The lowest BCUT2D eigenvalue weighted by atomic mass is 9.79. The summed E-state index contributed by atoms with van der Waals surface area (Å²) in [6.07, 6.45) is 1.84. The molecule has 0 aliphatic carbocycles. The fourth-order valence-corrected chi connectivity index (χ4v) is 2.97. The number of nitro groups is 1. The lowest BCUT2D eigenvalue weighted by Crippen LogP contribution is -2.47. The van der Waals surface area contributed by atoms with Crippen molar-refractivity contribution in [3.63, 3.8) is 0 Å². The minimum atomic E-state index is -0.539. The first kappa shape index (κ1) is 18.2. The van der Waals surface area contributed by atoms with E-state index in [2.05, 4.69) is 10.6 Å². The Hall–Kier alpha value is -2.19. The summed E-state index contributed by atoms with van der Waals surface area (Å²) in [6, 6.07) is 4.10. The van der Waals surface area contributed by atoms with Gasteiger partial charge in [0.15, 0.2) is 5.75 Å². The number of nitro benzene ring substituents is 1. The van der Waals surface area contributed by atoms with Crippen molar-refractivity contribution in [3.8, 4) is 5.75 Å². The molecule has 0 unspecified atom stereocenters. The molecule has 0 spiro atoms. The predicted octanol–water partition coefficient (Wildman–Crippen LogP) is 1.35. The standard InChI is InChI=1S/C16H23N3O5/c1-23-11-16(5-7-17-8-6-16)10-18-15(20)12-3-4-13(19(21)22)14(9-12)24-2/h3-4,9,17H,5-8,10-11H2,1-2H3,(H,18,20). The Morgan fingerprint density at radius 1 is 1.38 bits per heavy atom. The number of nitrogens with zero attached hydrogens (tertiary/aromatic N) is 1. The molecule has 0 aromatic heterocycles. The number of piperidine rings is 1. The maximum absolute atomic E-state index is 12.4. The van der Waals surface area contributed by atoms with Crippen LogP contribution in [0.3, 0.4) is 0 Å². The van der Waals surface area contributed by atoms with E-state index in [1.54, 1.807) is 7.11 Å². The summed E-state index contributed by atoms with van der Waals surface area (Å²) < 4.78 is 10.3. The molecule has 1 aliphatic rings. The Morgan fingerprint density at radius 3 is 2.67 bits per heavy atom. The second-order valence-corrected chi connectivity index (χ2v) is 6.01. The fourth-order valence-electron chi connectivity index (χ4n) is 2.97. The Balaban J connectivity index is 2.07. The van der Waals surface area contributed by atoms with Gasteiger partial charge in [-0.2, -0.15) is 0 Å². The van der Waals surface area contributed by atoms with Crippen LogP contribution in [0.25, 0.3) is 0 Å². The Morgan fingerprint density at radius 2 is 2.08 bits per heavy atom. The van der Waals surface area contributed by atoms with Crippen molar-refractivity contribution in [1.29, 1.82) is 0 Å². The summed E-state index contributed by atoms with van der Waals surface area (Å²) in [5, 5.41) is 17.1. The third kappa shape index (κ3) is 4.21. The van der Waals surface area contributed by atoms with E-state index in [1.807, 2.05) is 0 Å². The average molecular weight is 337 g/mol. The molecule has 1 aliphatic heterocycles. The highest BCUT2D eigenvalue weighted by atomic mass is 16.6. The Kier molecular flexibility index (Phi) is 6.10. The highest BCUT2D eigenvalue weighted by molar-refractivity contribution is 5.95. The molecule has 2 N–H and O–H groups in total. The summed E-state index contributed by atoms with van der Waals surface area (Å²) >= 11 is 0. The van der Waals surface area contributed by atoms with Gasteiger partial charge in [-0.25, -0.2) is 0 Å². The monoisotopic (exact) mass is 337 g/mol. The molecule has 0 saturated carbocycles. The quantitative estimate of drug-likeness (QED) is 0.575. The molecule has 1 saturated heterocycles. The zero-order valence-electron chi connectivity index (χ0n) is 14.0. The van der Waals surface area contributed by atoms with Crippen molar-refractivity contribution >= 4 is 11.6 Å². The van der Waals surface area contributed by atoms with Gasteiger partial charge in [-0.1, -0.05) is 0 Å². The summed E-state index contributed by atoms with van der Waals surface area (Å²) in [5.74, 6) is -0.210. The maximum atomic E-state index is 12.4. The molecule has 0 bridgehead atoms. The van der Waals surface area contributed by atoms with Crippen LogP contribution >= 0.6 is 0 Å². The third-order valence-corrected chi connectivity index (χ3v) is 4.38.